The van der Waals surface area contributed by atoms with Crippen LogP contribution in [0.25, 0.3) is 16.7 Å². The molecule has 3 N–H and O–H groups in total. The summed E-state index contributed by atoms with van der Waals surface area (Å²) >= 11 is 0. The van der Waals surface area contributed by atoms with Crippen molar-refractivity contribution in [3.8, 4) is 0 Å². The zero-order valence-electron chi connectivity index (χ0n) is 17.9. The fourth-order valence-corrected chi connectivity index (χ4v) is 3.74. The van der Waals surface area contributed by atoms with Crippen molar-refractivity contribution < 1.29 is 9.36 Å². The molecule has 31 heavy (non-hydrogen) atoms. The van der Waals surface area contributed by atoms with Crippen LogP contribution < -0.4 is 21.2 Å². The SMILES string of the molecule is Cc1cccn2c(=O)c3cc(C(=O)NC(C)C)c(N)[n+](CCc4ccccc4)c3nc12. The minimum absolute atomic E-state index is 0.0566. The zero-order valence-corrected chi connectivity index (χ0v) is 17.9. The van der Waals surface area contributed by atoms with Crippen molar-refractivity contribution in [3.63, 3.8) is 0 Å². The van der Waals surface area contributed by atoms with E-state index in [0.717, 1.165) is 11.1 Å². The Kier molecular flexibility index (Phi) is 5.42. The van der Waals surface area contributed by atoms with Crippen LogP contribution in [-0.4, -0.2) is 21.3 Å². The van der Waals surface area contributed by atoms with Gasteiger partial charge >= 0.3 is 0 Å². The molecule has 4 rings (SSSR count). The highest BCUT2D eigenvalue weighted by atomic mass is 16.2. The first-order chi connectivity index (χ1) is 14.9. The lowest BCUT2D eigenvalue weighted by Gasteiger charge is -2.14. The van der Waals surface area contributed by atoms with Gasteiger partial charge in [-0.2, -0.15) is 0 Å². The summed E-state index contributed by atoms with van der Waals surface area (Å²) in [6, 6.07) is 15.2. The van der Waals surface area contributed by atoms with E-state index >= 15 is 0 Å². The molecule has 0 aliphatic carbocycles. The molecule has 0 atom stereocenters. The molecule has 0 spiro atoms. The number of nitrogens with one attached hydrogen (secondary N) is 1. The number of benzene rings is 1. The molecule has 0 saturated heterocycles. The summed E-state index contributed by atoms with van der Waals surface area (Å²) in [6.45, 7) is 6.16. The third-order valence-electron chi connectivity index (χ3n) is 5.31. The van der Waals surface area contributed by atoms with Crippen LogP contribution in [0.1, 0.15) is 35.3 Å². The predicted molar refractivity (Wildman–Crippen MR) is 121 cm³/mol. The zero-order chi connectivity index (χ0) is 22.1. The molecule has 0 fully saturated rings. The Morgan fingerprint density at radius 1 is 1.19 bits per heavy atom. The van der Waals surface area contributed by atoms with Crippen LogP contribution in [0.3, 0.4) is 0 Å². The quantitative estimate of drug-likeness (QED) is 0.386. The standard InChI is InChI=1S/C24H25N5O2/c1-15(2)26-23(30)18-14-19-22(27-21-16(3)8-7-12-29(21)24(19)31)28(20(18)25)13-11-17-9-5-4-6-10-17/h4-10,12,14-15,25H,11,13H2,1-3H3,(H,26,30)/p+1. The molecule has 1 amide bonds. The minimum atomic E-state index is -0.309. The summed E-state index contributed by atoms with van der Waals surface area (Å²) in [5.74, 6) is -0.0111. The first-order valence-corrected chi connectivity index (χ1v) is 10.4. The second-order valence-corrected chi connectivity index (χ2v) is 8.00. The lowest BCUT2D eigenvalue weighted by Crippen LogP contribution is -2.44. The number of aromatic nitrogens is 3. The van der Waals surface area contributed by atoms with Crippen molar-refractivity contribution in [2.75, 3.05) is 5.73 Å². The highest BCUT2D eigenvalue weighted by molar-refractivity contribution is 6.00. The van der Waals surface area contributed by atoms with Crippen LogP contribution in [0.4, 0.5) is 5.82 Å². The molecule has 7 nitrogen and oxygen atoms in total. The number of nitrogens with two attached hydrogens (primary N) is 1. The van der Waals surface area contributed by atoms with E-state index in [2.05, 4.69) is 5.32 Å². The second kappa shape index (κ2) is 8.18. The molecule has 3 heterocycles. The monoisotopic (exact) mass is 416 g/mol. The predicted octanol–water partition coefficient (Wildman–Crippen LogP) is 2.41. The van der Waals surface area contributed by atoms with E-state index in [-0.39, 0.29) is 23.1 Å². The van der Waals surface area contributed by atoms with E-state index in [1.54, 1.807) is 16.8 Å². The van der Waals surface area contributed by atoms with Crippen LogP contribution in [0.5, 0.6) is 0 Å². The first-order valence-electron chi connectivity index (χ1n) is 10.4. The summed E-state index contributed by atoms with van der Waals surface area (Å²) in [5.41, 5.74) is 9.60. The number of hydrogen-bond acceptors (Lipinski definition) is 4. The van der Waals surface area contributed by atoms with Gasteiger partial charge in [0.15, 0.2) is 0 Å². The molecule has 4 aromatic rings. The van der Waals surface area contributed by atoms with E-state index in [9.17, 15) is 9.59 Å². The third kappa shape index (κ3) is 3.86. The number of amides is 1. The molecule has 3 aromatic heterocycles. The number of nitrogens with zero attached hydrogens (tertiary/aromatic N) is 3. The average molecular weight is 417 g/mol. The van der Waals surface area contributed by atoms with Crippen molar-refractivity contribution in [1.29, 1.82) is 0 Å². The molecule has 1 aromatic carbocycles. The highest BCUT2D eigenvalue weighted by Gasteiger charge is 2.25. The summed E-state index contributed by atoms with van der Waals surface area (Å²) in [7, 11) is 0. The van der Waals surface area contributed by atoms with Crippen molar-refractivity contribution in [2.45, 2.75) is 39.8 Å². The number of nitrogen functional groups attached to an aromatic ring is 1. The Bertz CT molecular complexity index is 1340. The largest absolute Gasteiger partial charge is 0.350 e. The summed E-state index contributed by atoms with van der Waals surface area (Å²) in [5, 5.41) is 3.23. The molecule has 158 valence electrons. The van der Waals surface area contributed by atoms with Gasteiger partial charge in [0.25, 0.3) is 17.1 Å². The molecule has 0 aliphatic heterocycles. The second-order valence-electron chi connectivity index (χ2n) is 8.00. The lowest BCUT2D eigenvalue weighted by atomic mass is 10.1. The van der Waals surface area contributed by atoms with Gasteiger partial charge in [-0.15, -0.1) is 0 Å². The van der Waals surface area contributed by atoms with Crippen LogP contribution in [0, 0.1) is 6.92 Å². The van der Waals surface area contributed by atoms with Gasteiger partial charge in [0.2, 0.25) is 11.5 Å². The van der Waals surface area contributed by atoms with E-state index in [1.807, 2.05) is 63.2 Å². The number of pyridine rings is 2. The van der Waals surface area contributed by atoms with Crippen LogP contribution in [0.15, 0.2) is 59.5 Å². The van der Waals surface area contributed by atoms with Gasteiger partial charge in [-0.3, -0.25) is 14.0 Å². The van der Waals surface area contributed by atoms with E-state index in [4.69, 9.17) is 10.7 Å². The number of carbonyl (C=O) groups is 1. The third-order valence-corrected chi connectivity index (χ3v) is 5.31. The van der Waals surface area contributed by atoms with Gasteiger partial charge in [-0.05, 0) is 38.5 Å². The van der Waals surface area contributed by atoms with Gasteiger partial charge < -0.3 is 11.1 Å². The molecule has 0 aliphatic rings. The van der Waals surface area contributed by atoms with E-state index in [1.165, 1.54) is 4.40 Å². The van der Waals surface area contributed by atoms with Crippen molar-refractivity contribution in [3.05, 3.63) is 81.8 Å². The average Bonchev–Trinajstić information content (AvgIpc) is 2.74. The Morgan fingerprint density at radius 3 is 2.65 bits per heavy atom. The van der Waals surface area contributed by atoms with Crippen LogP contribution >= 0.6 is 0 Å². The highest BCUT2D eigenvalue weighted by Crippen LogP contribution is 2.16. The summed E-state index contributed by atoms with van der Waals surface area (Å²) in [6.07, 6.45) is 2.38. The fraction of sp³-hybridized carbons (Fsp3) is 0.250. The fourth-order valence-electron chi connectivity index (χ4n) is 3.74. The molecule has 7 heteroatoms. The first kappa shape index (κ1) is 20.5. The topological polar surface area (TPSA) is 93.4 Å². The number of carbonyl (C=O) groups excluding carboxylic acids is 1. The smallest absolute Gasteiger partial charge is 0.278 e. The number of hydrogen-bond donors (Lipinski definition) is 2. The van der Waals surface area contributed by atoms with Crippen molar-refractivity contribution in [2.24, 2.45) is 0 Å². The molecule has 0 unspecified atom stereocenters. The van der Waals surface area contributed by atoms with Crippen molar-refractivity contribution in [1.82, 2.24) is 14.7 Å². The number of fused-ring (bicyclic) bond motifs is 2. The maximum atomic E-state index is 13.3. The molecule has 0 saturated carbocycles. The van der Waals surface area contributed by atoms with Crippen molar-refractivity contribution >= 4 is 28.4 Å². The summed E-state index contributed by atoms with van der Waals surface area (Å²) < 4.78 is 3.30. The molecule has 0 radical (unpaired) electrons. The molecular formula is C24H26N5O2+. The Hall–Kier alpha value is -3.74. The van der Waals surface area contributed by atoms with E-state index in [0.29, 0.717) is 35.5 Å². The Labute approximate surface area is 180 Å². The van der Waals surface area contributed by atoms with Gasteiger partial charge in [-0.1, -0.05) is 41.4 Å². The maximum absolute atomic E-state index is 13.3. The van der Waals surface area contributed by atoms with E-state index < -0.39 is 0 Å². The molecular weight excluding hydrogens is 390 g/mol. The molecule has 0 bridgehead atoms. The van der Waals surface area contributed by atoms with Gasteiger partial charge in [0.1, 0.15) is 10.9 Å². The van der Waals surface area contributed by atoms with Gasteiger partial charge in [0, 0.05) is 24.2 Å². The Balaban J connectivity index is 1.97. The normalized spacial score (nSPS) is 11.4. The number of anilines is 1. The van der Waals surface area contributed by atoms with Crippen LogP contribution in [0.2, 0.25) is 0 Å². The maximum Gasteiger partial charge on any atom is 0.278 e. The Morgan fingerprint density at radius 2 is 1.94 bits per heavy atom. The lowest BCUT2D eigenvalue weighted by molar-refractivity contribution is -0.658. The number of aryl methyl sites for hydroxylation is 3. The summed E-state index contributed by atoms with van der Waals surface area (Å²) in [4.78, 5) is 30.9. The minimum Gasteiger partial charge on any atom is -0.350 e. The van der Waals surface area contributed by atoms with Gasteiger partial charge in [0.05, 0.1) is 6.54 Å². The van der Waals surface area contributed by atoms with Gasteiger partial charge in [-0.25, -0.2) is 4.57 Å². The van der Waals surface area contributed by atoms with Crippen LogP contribution in [-0.2, 0) is 13.0 Å². The number of rotatable bonds is 5.